The fraction of sp³-hybridized carbons (Fsp3) is 0.407. The van der Waals surface area contributed by atoms with E-state index in [-0.39, 0.29) is 11.6 Å². The number of nitrogens with zero attached hydrogens (tertiary/aromatic N) is 3. The largest absolute Gasteiger partial charge is 0.494 e. The number of halogens is 3. The predicted octanol–water partition coefficient (Wildman–Crippen LogP) is 4.12. The van der Waals surface area contributed by atoms with Crippen molar-refractivity contribution in [3.63, 3.8) is 0 Å². The first kappa shape index (κ1) is 28.0. The van der Waals surface area contributed by atoms with E-state index in [1.807, 2.05) is 17.0 Å². The summed E-state index contributed by atoms with van der Waals surface area (Å²) >= 11 is 12.5. The van der Waals surface area contributed by atoms with E-state index in [0.29, 0.717) is 52.8 Å². The van der Waals surface area contributed by atoms with Crippen molar-refractivity contribution in [2.75, 3.05) is 57.6 Å². The molecule has 0 spiro atoms. The molecule has 1 fully saturated rings. The van der Waals surface area contributed by atoms with E-state index in [2.05, 4.69) is 40.6 Å². The van der Waals surface area contributed by atoms with Crippen LogP contribution in [0.3, 0.4) is 0 Å². The Balaban J connectivity index is 1.51. The maximum atomic E-state index is 14.1. The Labute approximate surface area is 234 Å². The molecule has 0 radical (unpaired) electrons. The minimum atomic E-state index is -0.519. The summed E-state index contributed by atoms with van der Waals surface area (Å²) < 4.78 is 19.8. The first-order chi connectivity index (χ1) is 18.2. The van der Waals surface area contributed by atoms with E-state index in [9.17, 15) is 4.39 Å². The van der Waals surface area contributed by atoms with Gasteiger partial charge in [0, 0.05) is 67.2 Å². The highest BCUT2D eigenvalue weighted by Gasteiger charge is 2.23. The van der Waals surface area contributed by atoms with Gasteiger partial charge in [-0.15, -0.1) is 0 Å². The Kier molecular flexibility index (Phi) is 9.02. The van der Waals surface area contributed by atoms with Crippen molar-refractivity contribution < 1.29 is 9.13 Å². The van der Waals surface area contributed by atoms with Crippen molar-refractivity contribution in [2.24, 2.45) is 11.5 Å². The Hall–Kier alpha value is -3.01. The normalized spacial score (nSPS) is 17.2. The van der Waals surface area contributed by atoms with Crippen LogP contribution in [0.1, 0.15) is 18.4 Å². The summed E-state index contributed by atoms with van der Waals surface area (Å²) in [6, 6.07) is 9.44. The molecule has 0 aliphatic carbocycles. The van der Waals surface area contributed by atoms with E-state index in [0.717, 1.165) is 37.3 Å². The maximum absolute atomic E-state index is 14.1. The molecule has 0 saturated carbocycles. The minimum absolute atomic E-state index is 0.000188. The molecule has 4 rings (SSSR count). The second-order valence-corrected chi connectivity index (χ2v) is 10.5. The van der Waals surface area contributed by atoms with Crippen LogP contribution in [0.15, 0.2) is 53.7 Å². The zero-order valence-corrected chi connectivity index (χ0v) is 23.5. The van der Waals surface area contributed by atoms with Crippen molar-refractivity contribution in [3.05, 3.63) is 75.2 Å². The SMILES string of the molecule is COc1cc(N2CCC(N(C)C)CC2)ccc1N/C(N)=C/C1=C(N)NCCN1Cc1c(Cl)ccc(F)c1Cl. The molecular formula is C27H36Cl2FN7O. The third kappa shape index (κ3) is 6.34. The van der Waals surface area contributed by atoms with Crippen LogP contribution >= 0.6 is 23.2 Å². The van der Waals surface area contributed by atoms with Crippen LogP contribution in [0.5, 0.6) is 5.75 Å². The highest BCUT2D eigenvalue weighted by molar-refractivity contribution is 6.36. The van der Waals surface area contributed by atoms with Gasteiger partial charge in [0.2, 0.25) is 0 Å². The molecule has 0 unspecified atom stereocenters. The number of hydrogen-bond donors (Lipinski definition) is 4. The average molecular weight is 565 g/mol. The molecule has 2 aromatic carbocycles. The molecule has 6 N–H and O–H groups in total. The van der Waals surface area contributed by atoms with Gasteiger partial charge in [0.05, 0.1) is 23.5 Å². The van der Waals surface area contributed by atoms with Crippen LogP contribution in [0.4, 0.5) is 15.8 Å². The molecule has 2 heterocycles. The number of rotatable bonds is 8. The third-order valence-electron chi connectivity index (χ3n) is 7.12. The summed E-state index contributed by atoms with van der Waals surface area (Å²) in [6.45, 7) is 3.49. The molecule has 2 aliphatic heterocycles. The van der Waals surface area contributed by atoms with Crippen molar-refractivity contribution in [3.8, 4) is 5.75 Å². The first-order valence-corrected chi connectivity index (χ1v) is 13.4. The molecule has 206 valence electrons. The molecule has 0 aromatic heterocycles. The van der Waals surface area contributed by atoms with Crippen LogP contribution in [0, 0.1) is 5.82 Å². The summed E-state index contributed by atoms with van der Waals surface area (Å²) in [4.78, 5) is 6.64. The quantitative estimate of drug-likeness (QED) is 0.356. The summed E-state index contributed by atoms with van der Waals surface area (Å²) in [6.07, 6.45) is 3.98. The summed E-state index contributed by atoms with van der Waals surface area (Å²) in [5.74, 6) is 0.987. The molecule has 11 heteroatoms. The number of ether oxygens (including phenoxy) is 1. The lowest BCUT2D eigenvalue weighted by molar-refractivity contribution is 0.249. The van der Waals surface area contributed by atoms with Gasteiger partial charge in [-0.2, -0.15) is 0 Å². The number of piperidine rings is 1. The second kappa shape index (κ2) is 12.2. The highest BCUT2D eigenvalue weighted by atomic mass is 35.5. The van der Waals surface area contributed by atoms with E-state index in [4.69, 9.17) is 39.4 Å². The Morgan fingerprint density at radius 1 is 1.21 bits per heavy atom. The van der Waals surface area contributed by atoms with E-state index >= 15 is 0 Å². The number of allylic oxidation sites excluding steroid dienone is 1. The van der Waals surface area contributed by atoms with Gasteiger partial charge in [0.1, 0.15) is 23.2 Å². The summed E-state index contributed by atoms with van der Waals surface area (Å²) in [7, 11) is 5.92. The Morgan fingerprint density at radius 2 is 1.95 bits per heavy atom. The minimum Gasteiger partial charge on any atom is -0.494 e. The number of nitrogens with two attached hydrogens (primary N) is 2. The summed E-state index contributed by atoms with van der Waals surface area (Å²) in [5, 5.41) is 6.77. The second-order valence-electron chi connectivity index (χ2n) is 9.76. The lowest BCUT2D eigenvalue weighted by Crippen LogP contribution is -2.42. The number of hydrogen-bond acceptors (Lipinski definition) is 8. The van der Waals surface area contributed by atoms with Gasteiger partial charge in [-0.1, -0.05) is 23.2 Å². The third-order valence-corrected chi connectivity index (χ3v) is 7.88. The Bertz CT molecular complexity index is 1210. The van der Waals surface area contributed by atoms with E-state index in [1.165, 1.54) is 12.1 Å². The number of benzene rings is 2. The van der Waals surface area contributed by atoms with E-state index in [1.54, 1.807) is 13.2 Å². The van der Waals surface area contributed by atoms with Gasteiger partial charge < -0.3 is 41.5 Å². The smallest absolute Gasteiger partial charge is 0.144 e. The monoisotopic (exact) mass is 563 g/mol. The number of anilines is 2. The number of nitrogens with one attached hydrogen (secondary N) is 2. The standard InChI is InChI=1S/C27H36Cl2FN7O/c1-35(2)17-8-11-36(12-9-17)18-4-7-22(24(14-18)38-3)34-25(31)15-23-27(32)33-10-13-37(23)16-19-20(28)5-6-21(30)26(19)29/h4-7,14-15,17,33-34H,8-13,16,31-32H2,1-3H3/b25-15+. The van der Waals surface area contributed by atoms with E-state index < -0.39 is 5.82 Å². The van der Waals surface area contributed by atoms with Gasteiger partial charge in [0.25, 0.3) is 0 Å². The molecule has 8 nitrogen and oxygen atoms in total. The molecule has 0 amide bonds. The van der Waals surface area contributed by atoms with Gasteiger partial charge in [-0.3, -0.25) is 0 Å². The highest BCUT2D eigenvalue weighted by Crippen LogP contribution is 2.33. The van der Waals surface area contributed by atoms with Crippen LogP contribution in [-0.2, 0) is 6.54 Å². The van der Waals surface area contributed by atoms with Crippen molar-refractivity contribution >= 4 is 34.6 Å². The lowest BCUT2D eigenvalue weighted by atomic mass is 10.0. The van der Waals surface area contributed by atoms with Crippen LogP contribution < -0.4 is 31.7 Å². The van der Waals surface area contributed by atoms with Crippen LogP contribution in [0.25, 0.3) is 0 Å². The first-order valence-electron chi connectivity index (χ1n) is 12.6. The maximum Gasteiger partial charge on any atom is 0.144 e. The predicted molar refractivity (Wildman–Crippen MR) is 154 cm³/mol. The topological polar surface area (TPSA) is 95.0 Å². The number of methoxy groups -OCH3 is 1. The fourth-order valence-corrected chi connectivity index (χ4v) is 5.39. The molecule has 0 atom stereocenters. The van der Waals surface area contributed by atoms with Gasteiger partial charge in [-0.05, 0) is 51.2 Å². The van der Waals surface area contributed by atoms with Gasteiger partial charge in [0.15, 0.2) is 0 Å². The summed E-state index contributed by atoms with van der Waals surface area (Å²) in [5.41, 5.74) is 15.7. The molecule has 2 aromatic rings. The molecule has 38 heavy (non-hydrogen) atoms. The molecule has 2 aliphatic rings. The van der Waals surface area contributed by atoms with Crippen LogP contribution in [-0.4, -0.2) is 63.2 Å². The Morgan fingerprint density at radius 3 is 2.63 bits per heavy atom. The van der Waals surface area contributed by atoms with Crippen LogP contribution in [0.2, 0.25) is 10.0 Å². The van der Waals surface area contributed by atoms with Crippen molar-refractivity contribution in [1.29, 1.82) is 0 Å². The average Bonchev–Trinajstić information content (AvgIpc) is 2.91. The molecule has 1 saturated heterocycles. The van der Waals surface area contributed by atoms with Gasteiger partial charge >= 0.3 is 0 Å². The lowest BCUT2D eigenvalue weighted by Gasteiger charge is -2.36. The molecule has 0 bridgehead atoms. The molecular weight excluding hydrogens is 528 g/mol. The zero-order valence-electron chi connectivity index (χ0n) is 22.0. The van der Waals surface area contributed by atoms with Crippen molar-refractivity contribution in [2.45, 2.75) is 25.4 Å². The van der Waals surface area contributed by atoms with Crippen molar-refractivity contribution in [1.82, 2.24) is 15.1 Å². The fourth-order valence-electron chi connectivity index (χ4n) is 4.90. The zero-order chi connectivity index (χ0) is 27.4. The van der Waals surface area contributed by atoms with Gasteiger partial charge in [-0.25, -0.2) is 4.39 Å².